The van der Waals surface area contributed by atoms with E-state index in [0.29, 0.717) is 17.1 Å². The predicted octanol–water partition coefficient (Wildman–Crippen LogP) is 2.15. The van der Waals surface area contributed by atoms with Crippen LogP contribution in [0.2, 0.25) is 5.02 Å². The van der Waals surface area contributed by atoms with E-state index in [2.05, 4.69) is 5.32 Å². The maximum atomic E-state index is 13.9. The number of benzene rings is 1. The van der Waals surface area contributed by atoms with Gasteiger partial charge < -0.3 is 10.2 Å². The normalized spacial score (nSPS) is 16.7. The number of hydrogen-bond donors (Lipinski definition) is 1. The van der Waals surface area contributed by atoms with Gasteiger partial charge in [0.05, 0.1) is 12.1 Å². The zero-order valence-corrected chi connectivity index (χ0v) is 11.2. The second kappa shape index (κ2) is 4.86. The molecule has 0 bridgehead atoms. The lowest BCUT2D eigenvalue weighted by molar-refractivity contribution is -0.122. The third-order valence-electron chi connectivity index (χ3n) is 3.04. The highest BCUT2D eigenvalue weighted by molar-refractivity contribution is 6.30. The van der Waals surface area contributed by atoms with Gasteiger partial charge in [-0.2, -0.15) is 0 Å². The van der Waals surface area contributed by atoms with Crippen LogP contribution in [-0.2, 0) is 10.3 Å². The van der Waals surface area contributed by atoms with Crippen LogP contribution in [0.25, 0.3) is 0 Å². The molecular formula is C13H16ClFN2O. The number of hydrogen-bond acceptors (Lipinski definition) is 2. The summed E-state index contributed by atoms with van der Waals surface area (Å²) in [5.41, 5.74) is 0.000831. The summed E-state index contributed by atoms with van der Waals surface area (Å²) in [5.74, 6) is -0.447. The summed E-state index contributed by atoms with van der Waals surface area (Å²) in [5, 5.41) is 3.28. The smallest absolute Gasteiger partial charge is 0.234 e. The Kier molecular flexibility index (Phi) is 3.59. The molecule has 1 fully saturated rings. The van der Waals surface area contributed by atoms with E-state index in [1.54, 1.807) is 17.0 Å². The van der Waals surface area contributed by atoms with E-state index in [1.807, 2.05) is 14.1 Å². The Bertz CT molecular complexity index is 472. The fraction of sp³-hybridized carbons (Fsp3) is 0.462. The average Bonchev–Trinajstić information content (AvgIpc) is 2.96. The highest BCUT2D eigenvalue weighted by atomic mass is 35.5. The topological polar surface area (TPSA) is 32.3 Å². The van der Waals surface area contributed by atoms with E-state index in [0.717, 1.165) is 12.8 Å². The molecule has 1 aliphatic carbocycles. The van der Waals surface area contributed by atoms with Crippen molar-refractivity contribution < 1.29 is 9.18 Å². The zero-order valence-electron chi connectivity index (χ0n) is 10.5. The Morgan fingerprint density at radius 2 is 2.17 bits per heavy atom. The summed E-state index contributed by atoms with van der Waals surface area (Å²) in [6.45, 7) is 0.303. The van der Waals surface area contributed by atoms with Crippen molar-refractivity contribution in [1.82, 2.24) is 10.2 Å². The van der Waals surface area contributed by atoms with Crippen LogP contribution in [-0.4, -0.2) is 31.4 Å². The minimum Gasteiger partial charge on any atom is -0.345 e. The first-order valence-corrected chi connectivity index (χ1v) is 6.22. The van der Waals surface area contributed by atoms with Crippen LogP contribution < -0.4 is 5.32 Å². The van der Waals surface area contributed by atoms with Crippen LogP contribution in [0.4, 0.5) is 4.39 Å². The first-order chi connectivity index (χ1) is 8.43. The minimum atomic E-state index is -0.526. The van der Waals surface area contributed by atoms with E-state index in [4.69, 9.17) is 11.6 Å². The van der Waals surface area contributed by atoms with Crippen molar-refractivity contribution in [2.75, 3.05) is 20.6 Å². The number of likely N-dealkylation sites (N-methyl/N-ethyl adjacent to an activating group) is 1. The lowest BCUT2D eigenvalue weighted by Crippen LogP contribution is -2.40. The number of nitrogens with one attached hydrogen (secondary N) is 1. The maximum absolute atomic E-state index is 13.9. The van der Waals surface area contributed by atoms with Gasteiger partial charge in [0.15, 0.2) is 0 Å². The molecule has 18 heavy (non-hydrogen) atoms. The Hall–Kier alpha value is -1.13. The van der Waals surface area contributed by atoms with Crippen molar-refractivity contribution >= 4 is 17.5 Å². The van der Waals surface area contributed by atoms with Crippen LogP contribution >= 0.6 is 11.6 Å². The van der Waals surface area contributed by atoms with Gasteiger partial charge >= 0.3 is 0 Å². The fourth-order valence-electron chi connectivity index (χ4n) is 2.06. The molecule has 1 aromatic rings. The Balaban J connectivity index is 2.14. The van der Waals surface area contributed by atoms with Gasteiger partial charge in [-0.05, 0) is 39.1 Å². The van der Waals surface area contributed by atoms with Crippen molar-refractivity contribution in [3.8, 4) is 0 Å². The largest absolute Gasteiger partial charge is 0.345 e. The highest BCUT2D eigenvalue weighted by Crippen LogP contribution is 2.46. The van der Waals surface area contributed by atoms with E-state index < -0.39 is 5.54 Å². The lowest BCUT2D eigenvalue weighted by atomic mass is 10.0. The Morgan fingerprint density at radius 1 is 1.50 bits per heavy atom. The molecule has 1 aliphatic rings. The van der Waals surface area contributed by atoms with Crippen molar-refractivity contribution in [2.45, 2.75) is 18.4 Å². The van der Waals surface area contributed by atoms with E-state index in [1.165, 1.54) is 6.07 Å². The van der Waals surface area contributed by atoms with E-state index >= 15 is 0 Å². The molecule has 0 heterocycles. The molecule has 3 nitrogen and oxygen atoms in total. The first-order valence-electron chi connectivity index (χ1n) is 5.84. The van der Waals surface area contributed by atoms with Crippen LogP contribution in [0, 0.1) is 5.82 Å². The summed E-state index contributed by atoms with van der Waals surface area (Å²) in [6.07, 6.45) is 1.54. The molecule has 0 radical (unpaired) electrons. The SMILES string of the molecule is CN(C)CC(=O)NC1(c2ccc(Cl)cc2F)CC1. The van der Waals surface area contributed by atoms with E-state index in [-0.39, 0.29) is 11.7 Å². The maximum Gasteiger partial charge on any atom is 0.234 e. The summed E-state index contributed by atoms with van der Waals surface area (Å²) < 4.78 is 13.9. The molecule has 0 aromatic heterocycles. The molecule has 98 valence electrons. The van der Waals surface area contributed by atoms with Crippen molar-refractivity contribution in [1.29, 1.82) is 0 Å². The number of carbonyl (C=O) groups excluding carboxylic acids is 1. The average molecular weight is 271 g/mol. The van der Waals surface area contributed by atoms with Crippen LogP contribution in [0.3, 0.4) is 0 Å². The fourth-order valence-corrected chi connectivity index (χ4v) is 2.22. The molecule has 2 rings (SSSR count). The summed E-state index contributed by atoms with van der Waals surface area (Å²) >= 11 is 5.73. The monoisotopic (exact) mass is 270 g/mol. The van der Waals surface area contributed by atoms with Crippen LogP contribution in [0.5, 0.6) is 0 Å². The van der Waals surface area contributed by atoms with Gasteiger partial charge in [-0.1, -0.05) is 17.7 Å². The van der Waals surface area contributed by atoms with Crippen molar-refractivity contribution in [2.24, 2.45) is 0 Å². The number of rotatable bonds is 4. The number of carbonyl (C=O) groups is 1. The summed E-state index contributed by atoms with van der Waals surface area (Å²) in [4.78, 5) is 13.5. The third kappa shape index (κ3) is 2.82. The molecule has 1 N–H and O–H groups in total. The standard InChI is InChI=1S/C13H16ClFN2O/c1-17(2)8-12(18)16-13(5-6-13)10-4-3-9(14)7-11(10)15/h3-4,7H,5-6,8H2,1-2H3,(H,16,18). The molecule has 0 aliphatic heterocycles. The van der Waals surface area contributed by atoms with Crippen LogP contribution in [0.1, 0.15) is 18.4 Å². The van der Waals surface area contributed by atoms with Gasteiger partial charge in [-0.3, -0.25) is 4.79 Å². The molecule has 0 unspecified atom stereocenters. The molecule has 5 heteroatoms. The number of halogens is 2. The van der Waals surface area contributed by atoms with Gasteiger partial charge in [-0.25, -0.2) is 4.39 Å². The van der Waals surface area contributed by atoms with Crippen molar-refractivity contribution in [3.63, 3.8) is 0 Å². The van der Waals surface area contributed by atoms with Gasteiger partial charge in [0.25, 0.3) is 0 Å². The zero-order chi connectivity index (χ0) is 13.3. The highest BCUT2D eigenvalue weighted by Gasteiger charge is 2.47. The lowest BCUT2D eigenvalue weighted by Gasteiger charge is -2.20. The number of nitrogens with zero attached hydrogens (tertiary/aromatic N) is 1. The second-order valence-corrected chi connectivity index (χ2v) is 5.43. The molecule has 1 amide bonds. The second-order valence-electron chi connectivity index (χ2n) is 4.99. The summed E-state index contributed by atoms with van der Waals surface area (Å²) in [7, 11) is 3.64. The Morgan fingerprint density at radius 3 is 2.67 bits per heavy atom. The van der Waals surface area contributed by atoms with Crippen LogP contribution in [0.15, 0.2) is 18.2 Å². The molecular weight excluding hydrogens is 255 g/mol. The first kappa shape index (κ1) is 13.3. The minimum absolute atomic E-state index is 0.0909. The van der Waals surface area contributed by atoms with E-state index in [9.17, 15) is 9.18 Å². The summed E-state index contributed by atoms with van der Waals surface area (Å²) in [6, 6.07) is 4.59. The quantitative estimate of drug-likeness (QED) is 0.909. The molecule has 0 atom stereocenters. The van der Waals surface area contributed by atoms with Gasteiger partial charge in [0.1, 0.15) is 5.82 Å². The van der Waals surface area contributed by atoms with Gasteiger partial charge in [-0.15, -0.1) is 0 Å². The molecule has 0 saturated heterocycles. The number of amides is 1. The Labute approximate surface area is 111 Å². The van der Waals surface area contributed by atoms with Gasteiger partial charge in [0, 0.05) is 10.6 Å². The molecule has 1 aromatic carbocycles. The van der Waals surface area contributed by atoms with Gasteiger partial charge in [0.2, 0.25) is 5.91 Å². The third-order valence-corrected chi connectivity index (χ3v) is 3.27. The van der Waals surface area contributed by atoms with Crippen molar-refractivity contribution in [3.05, 3.63) is 34.6 Å². The predicted molar refractivity (Wildman–Crippen MR) is 69.0 cm³/mol. The molecule has 1 saturated carbocycles. The molecule has 0 spiro atoms.